The second-order valence-electron chi connectivity index (χ2n) is 5.82. The third-order valence-corrected chi connectivity index (χ3v) is 4.12. The molecule has 0 bridgehead atoms. The Balaban J connectivity index is 1.56. The first-order valence-electron chi connectivity index (χ1n) is 8.13. The average molecular weight is 326 g/mol. The number of benzene rings is 2. The molecular formula is C19H22N2O3. The van der Waals surface area contributed by atoms with Crippen LogP contribution in [-0.4, -0.2) is 25.8 Å². The van der Waals surface area contributed by atoms with Crippen molar-refractivity contribution in [1.29, 1.82) is 0 Å². The molecule has 3 rings (SSSR count). The number of amides is 2. The highest BCUT2D eigenvalue weighted by Crippen LogP contribution is 2.28. The first kappa shape index (κ1) is 16.3. The predicted octanol–water partition coefficient (Wildman–Crippen LogP) is 3.74. The molecule has 24 heavy (non-hydrogen) atoms. The molecule has 5 nitrogen and oxygen atoms in total. The van der Waals surface area contributed by atoms with Gasteiger partial charge in [0.15, 0.2) is 0 Å². The Morgan fingerprint density at radius 3 is 2.79 bits per heavy atom. The molecule has 1 fully saturated rings. The number of rotatable bonds is 4. The van der Waals surface area contributed by atoms with Crippen molar-refractivity contribution in [3.8, 4) is 5.75 Å². The second kappa shape index (κ2) is 7.84. The molecule has 0 saturated carbocycles. The maximum Gasteiger partial charge on any atom is 0.319 e. The molecule has 126 valence electrons. The number of anilines is 1. The number of nitrogens with one attached hydrogen (secondary N) is 2. The van der Waals surface area contributed by atoms with Gasteiger partial charge in [-0.2, -0.15) is 0 Å². The lowest BCUT2D eigenvalue weighted by Gasteiger charge is -2.30. The highest BCUT2D eigenvalue weighted by atomic mass is 16.5. The quantitative estimate of drug-likeness (QED) is 0.900. The summed E-state index contributed by atoms with van der Waals surface area (Å²) in [5.74, 6) is 0.711. The summed E-state index contributed by atoms with van der Waals surface area (Å²) in [4.78, 5) is 12.2. The van der Waals surface area contributed by atoms with E-state index < -0.39 is 0 Å². The first-order chi connectivity index (χ1) is 11.7. The summed E-state index contributed by atoms with van der Waals surface area (Å²) in [7, 11) is 1.60. The van der Waals surface area contributed by atoms with Gasteiger partial charge < -0.3 is 20.1 Å². The number of carbonyl (C=O) groups excluding carboxylic acids is 1. The molecule has 1 saturated heterocycles. The smallest absolute Gasteiger partial charge is 0.319 e. The van der Waals surface area contributed by atoms with E-state index in [2.05, 4.69) is 22.8 Å². The van der Waals surface area contributed by atoms with E-state index in [1.807, 2.05) is 36.4 Å². The molecule has 0 radical (unpaired) electrons. The molecule has 1 aliphatic heterocycles. The Morgan fingerprint density at radius 1 is 1.17 bits per heavy atom. The summed E-state index contributed by atoms with van der Waals surface area (Å²) in [6.45, 7) is 0.643. The van der Waals surface area contributed by atoms with Crippen LogP contribution in [0.2, 0.25) is 0 Å². The van der Waals surface area contributed by atoms with Crippen LogP contribution in [0.25, 0.3) is 0 Å². The number of hydrogen-bond acceptors (Lipinski definition) is 3. The van der Waals surface area contributed by atoms with Crippen LogP contribution < -0.4 is 15.4 Å². The Bertz CT molecular complexity index is 675. The summed E-state index contributed by atoms with van der Waals surface area (Å²) in [6.07, 6.45) is 1.62. The summed E-state index contributed by atoms with van der Waals surface area (Å²) in [5, 5.41) is 5.88. The van der Waals surface area contributed by atoms with Crippen molar-refractivity contribution in [2.45, 2.75) is 25.0 Å². The lowest BCUT2D eigenvalue weighted by Crippen LogP contribution is -2.42. The predicted molar refractivity (Wildman–Crippen MR) is 93.3 cm³/mol. The minimum atomic E-state index is -0.207. The van der Waals surface area contributed by atoms with Crippen LogP contribution in [-0.2, 0) is 4.74 Å². The molecule has 0 unspecified atom stereocenters. The summed E-state index contributed by atoms with van der Waals surface area (Å²) in [6, 6.07) is 17.3. The van der Waals surface area contributed by atoms with Gasteiger partial charge in [-0.15, -0.1) is 0 Å². The van der Waals surface area contributed by atoms with Gasteiger partial charge in [-0.1, -0.05) is 36.4 Å². The maximum absolute atomic E-state index is 12.2. The molecule has 2 aromatic rings. The van der Waals surface area contributed by atoms with Crippen LogP contribution in [0.5, 0.6) is 5.75 Å². The van der Waals surface area contributed by atoms with Crippen LogP contribution in [0.1, 0.15) is 24.5 Å². The highest BCUT2D eigenvalue weighted by Gasteiger charge is 2.25. The number of carbonyl (C=O) groups is 1. The van der Waals surface area contributed by atoms with Crippen molar-refractivity contribution in [2.75, 3.05) is 19.0 Å². The van der Waals surface area contributed by atoms with Gasteiger partial charge in [0.05, 0.1) is 13.2 Å². The minimum absolute atomic E-state index is 0.0297. The van der Waals surface area contributed by atoms with Gasteiger partial charge in [0.1, 0.15) is 5.75 Å². The molecule has 2 N–H and O–H groups in total. The molecule has 1 heterocycles. The summed E-state index contributed by atoms with van der Waals surface area (Å²) < 4.78 is 11.0. The lowest BCUT2D eigenvalue weighted by atomic mass is 9.97. The van der Waals surface area contributed by atoms with E-state index in [1.54, 1.807) is 13.2 Å². The normalized spacial score (nSPS) is 20.2. The molecule has 0 spiro atoms. The molecule has 2 amide bonds. The van der Waals surface area contributed by atoms with Crippen LogP contribution >= 0.6 is 0 Å². The van der Waals surface area contributed by atoms with Gasteiger partial charge in [0.2, 0.25) is 0 Å². The number of urea groups is 1. The van der Waals surface area contributed by atoms with Crippen molar-refractivity contribution in [2.24, 2.45) is 0 Å². The fraction of sp³-hybridized carbons (Fsp3) is 0.316. The van der Waals surface area contributed by atoms with Crippen molar-refractivity contribution in [1.82, 2.24) is 5.32 Å². The third-order valence-electron chi connectivity index (χ3n) is 4.12. The van der Waals surface area contributed by atoms with Crippen LogP contribution in [0.15, 0.2) is 54.6 Å². The number of ether oxygens (including phenoxy) is 2. The van der Waals surface area contributed by atoms with Crippen molar-refractivity contribution in [3.63, 3.8) is 0 Å². The van der Waals surface area contributed by atoms with Crippen molar-refractivity contribution in [3.05, 3.63) is 60.2 Å². The number of methoxy groups -OCH3 is 1. The Morgan fingerprint density at radius 2 is 2.00 bits per heavy atom. The first-order valence-corrected chi connectivity index (χ1v) is 8.13. The second-order valence-corrected chi connectivity index (χ2v) is 5.82. The highest BCUT2D eigenvalue weighted by molar-refractivity contribution is 5.89. The largest absolute Gasteiger partial charge is 0.497 e. The molecule has 1 aliphatic rings. The zero-order valence-electron chi connectivity index (χ0n) is 13.7. The van der Waals surface area contributed by atoms with E-state index in [0.29, 0.717) is 18.0 Å². The molecule has 0 aromatic heterocycles. The fourth-order valence-electron chi connectivity index (χ4n) is 2.88. The molecular weight excluding hydrogens is 304 g/mol. The topological polar surface area (TPSA) is 59.6 Å². The molecule has 5 heteroatoms. The summed E-state index contributed by atoms with van der Waals surface area (Å²) in [5.41, 5.74) is 1.86. The van der Waals surface area contributed by atoms with E-state index in [1.165, 1.54) is 0 Å². The van der Waals surface area contributed by atoms with Gasteiger partial charge in [-0.3, -0.25) is 0 Å². The Labute approximate surface area is 142 Å². The van der Waals surface area contributed by atoms with Gasteiger partial charge >= 0.3 is 6.03 Å². The monoisotopic (exact) mass is 326 g/mol. The van der Waals surface area contributed by atoms with Gasteiger partial charge in [0, 0.05) is 24.4 Å². The maximum atomic E-state index is 12.2. The van der Waals surface area contributed by atoms with E-state index in [4.69, 9.17) is 9.47 Å². The van der Waals surface area contributed by atoms with E-state index in [0.717, 1.165) is 18.4 Å². The van der Waals surface area contributed by atoms with E-state index in [-0.39, 0.29) is 18.2 Å². The van der Waals surface area contributed by atoms with Crippen LogP contribution in [0.3, 0.4) is 0 Å². The molecule has 2 atom stereocenters. The van der Waals surface area contributed by atoms with E-state index >= 15 is 0 Å². The third kappa shape index (κ3) is 4.26. The van der Waals surface area contributed by atoms with Gasteiger partial charge in [-0.25, -0.2) is 4.79 Å². The Hall–Kier alpha value is -2.53. The number of hydrogen-bond donors (Lipinski definition) is 2. The standard InChI is InChI=1S/C19H22N2O3/c1-23-17-9-5-8-15(12-17)20-19(22)21-16-10-11-24-18(13-16)14-6-3-2-4-7-14/h2-9,12,16,18H,10-11,13H2,1H3,(H2,20,21,22)/t16-,18+/m1/s1. The Kier molecular flexibility index (Phi) is 5.33. The fourth-order valence-corrected chi connectivity index (χ4v) is 2.88. The SMILES string of the molecule is COc1cccc(NC(=O)N[C@@H]2CCO[C@H](c3ccccc3)C2)c1. The van der Waals surface area contributed by atoms with Gasteiger partial charge in [-0.05, 0) is 30.5 Å². The average Bonchev–Trinajstić information content (AvgIpc) is 2.63. The molecule has 2 aromatic carbocycles. The minimum Gasteiger partial charge on any atom is -0.497 e. The lowest BCUT2D eigenvalue weighted by molar-refractivity contribution is 0.00254. The summed E-state index contributed by atoms with van der Waals surface area (Å²) >= 11 is 0. The van der Waals surface area contributed by atoms with Crippen molar-refractivity contribution >= 4 is 11.7 Å². The van der Waals surface area contributed by atoms with Crippen molar-refractivity contribution < 1.29 is 14.3 Å². The van der Waals surface area contributed by atoms with E-state index in [9.17, 15) is 4.79 Å². The van der Waals surface area contributed by atoms with Crippen LogP contribution in [0, 0.1) is 0 Å². The van der Waals surface area contributed by atoms with Crippen LogP contribution in [0.4, 0.5) is 10.5 Å². The van der Waals surface area contributed by atoms with Gasteiger partial charge in [0.25, 0.3) is 0 Å². The zero-order chi connectivity index (χ0) is 16.8. The zero-order valence-corrected chi connectivity index (χ0v) is 13.7. The molecule has 0 aliphatic carbocycles.